The molecule has 1 aromatic heterocycles. The number of ether oxygens (including phenoxy) is 1. The Labute approximate surface area is 193 Å². The van der Waals surface area contributed by atoms with E-state index in [1.54, 1.807) is 12.3 Å². The number of pyridine rings is 1. The molecule has 6 heteroatoms. The molecule has 0 aliphatic carbocycles. The maximum absolute atomic E-state index is 6.30. The van der Waals surface area contributed by atoms with E-state index in [2.05, 4.69) is 12.1 Å². The molecule has 6 nitrogen and oxygen atoms in total. The summed E-state index contributed by atoms with van der Waals surface area (Å²) in [5.41, 5.74) is 24.1. The smallest absolute Gasteiger partial charge is 0.272 e. The van der Waals surface area contributed by atoms with Crippen LogP contribution in [-0.4, -0.2) is 23.5 Å². The molecule has 33 heavy (non-hydrogen) atoms. The Morgan fingerprint density at radius 1 is 0.909 bits per heavy atom. The molecule has 4 rings (SSSR count). The Bertz CT molecular complexity index is 1240. The van der Waals surface area contributed by atoms with Gasteiger partial charge < -0.3 is 16.2 Å². The van der Waals surface area contributed by atoms with E-state index in [0.717, 1.165) is 28.8 Å². The minimum atomic E-state index is -0.139. The van der Waals surface area contributed by atoms with E-state index in [1.165, 1.54) is 5.56 Å². The normalized spacial score (nSPS) is 11.7. The molecular weight excluding hydrogens is 410 g/mol. The molecule has 3 aromatic carbocycles. The number of nitrogens with two attached hydrogens (primary N) is 4. The van der Waals surface area contributed by atoms with Crippen molar-refractivity contribution in [3.05, 3.63) is 102 Å². The van der Waals surface area contributed by atoms with Gasteiger partial charge in [-0.15, -0.1) is 0 Å². The number of nitrogen functional groups attached to an aromatic ring is 1. The monoisotopic (exact) mass is 438 g/mol. The standard InChI is InChI=1S/C27H27N5O/c28-21(13-18-7-3-1-4-8-18)17-33-22-15-23(20-11-12-25(29)24(14-20)27(30)31)26(32-16-22)19-9-5-2-6-10-19/h1-12,14-16,21H,13,17,28-29H2,(H3,30,31)/p+1/t21-/m0/s1. The Hall–Kier alpha value is -4.16. The highest BCUT2D eigenvalue weighted by atomic mass is 16.5. The van der Waals surface area contributed by atoms with Crippen molar-refractivity contribution in [1.82, 2.24) is 4.98 Å². The van der Waals surface area contributed by atoms with E-state index < -0.39 is 0 Å². The number of rotatable bonds is 8. The van der Waals surface area contributed by atoms with E-state index in [9.17, 15) is 0 Å². The summed E-state index contributed by atoms with van der Waals surface area (Å²) in [5, 5.41) is 5.85. The van der Waals surface area contributed by atoms with E-state index in [4.69, 9.17) is 32.3 Å². The lowest BCUT2D eigenvalue weighted by Crippen LogP contribution is -2.46. The zero-order valence-corrected chi connectivity index (χ0v) is 18.3. The van der Waals surface area contributed by atoms with Gasteiger partial charge in [-0.3, -0.25) is 16.1 Å². The third-order valence-corrected chi connectivity index (χ3v) is 5.39. The first-order chi connectivity index (χ1) is 16.0. The van der Waals surface area contributed by atoms with Crippen LogP contribution in [-0.2, 0) is 6.42 Å². The van der Waals surface area contributed by atoms with Gasteiger partial charge in [-0.2, -0.15) is 0 Å². The lowest BCUT2D eigenvalue weighted by Gasteiger charge is -2.16. The van der Waals surface area contributed by atoms with Gasteiger partial charge in [-0.1, -0.05) is 66.7 Å². The molecule has 0 saturated carbocycles. The summed E-state index contributed by atoms with van der Waals surface area (Å²) in [4.78, 5) is 4.72. The average Bonchev–Trinajstić information content (AvgIpc) is 2.84. The first kappa shape index (κ1) is 22.0. The van der Waals surface area contributed by atoms with Crippen molar-refractivity contribution in [3.63, 3.8) is 0 Å². The van der Waals surface area contributed by atoms with Gasteiger partial charge in [0.25, 0.3) is 5.84 Å². The van der Waals surface area contributed by atoms with E-state index in [-0.39, 0.29) is 11.9 Å². The Morgan fingerprint density at radius 3 is 2.30 bits per heavy atom. The molecule has 1 atom stereocenters. The van der Waals surface area contributed by atoms with Crippen molar-refractivity contribution in [2.24, 2.45) is 11.5 Å². The Kier molecular flexibility index (Phi) is 6.66. The SMILES string of the molecule is NC(=[NH2+])c1cc(-c2cc(OC[C@@H](N)Cc3ccccc3)cnc2-c2ccccc2)ccc1N. The lowest BCUT2D eigenvalue weighted by molar-refractivity contribution is -0.114. The van der Waals surface area contributed by atoms with Gasteiger partial charge in [0, 0.05) is 22.9 Å². The van der Waals surface area contributed by atoms with Gasteiger partial charge in [0.05, 0.1) is 17.5 Å². The summed E-state index contributed by atoms with van der Waals surface area (Å²) in [6.45, 7) is 0.372. The topological polar surface area (TPSA) is 126 Å². The number of hydrogen-bond acceptors (Lipinski definition) is 4. The van der Waals surface area contributed by atoms with E-state index in [1.807, 2.05) is 66.7 Å². The molecule has 0 bridgehead atoms. The molecule has 0 fully saturated rings. The van der Waals surface area contributed by atoms with Gasteiger partial charge >= 0.3 is 0 Å². The van der Waals surface area contributed by atoms with Crippen LogP contribution in [0.1, 0.15) is 11.1 Å². The second-order valence-electron chi connectivity index (χ2n) is 7.95. The fourth-order valence-electron chi connectivity index (χ4n) is 3.72. The number of hydrogen-bond donors (Lipinski definition) is 4. The van der Waals surface area contributed by atoms with Crippen LogP contribution in [0.15, 0.2) is 91.1 Å². The van der Waals surface area contributed by atoms with Gasteiger partial charge in [-0.05, 0) is 35.7 Å². The Morgan fingerprint density at radius 2 is 1.61 bits per heavy atom. The molecule has 0 amide bonds. The quantitative estimate of drug-likeness (QED) is 0.191. The Balaban J connectivity index is 1.64. The lowest BCUT2D eigenvalue weighted by atomic mass is 9.97. The molecule has 166 valence electrons. The number of benzene rings is 3. The fourth-order valence-corrected chi connectivity index (χ4v) is 3.72. The second-order valence-corrected chi connectivity index (χ2v) is 7.95. The molecule has 0 saturated heterocycles. The maximum Gasteiger partial charge on any atom is 0.272 e. The first-order valence-electron chi connectivity index (χ1n) is 10.8. The second kappa shape index (κ2) is 9.97. The number of amidine groups is 1. The third kappa shape index (κ3) is 5.37. The zero-order chi connectivity index (χ0) is 23.2. The largest absolute Gasteiger partial charge is 0.490 e. The molecule has 0 aliphatic heterocycles. The number of aromatic nitrogens is 1. The third-order valence-electron chi connectivity index (χ3n) is 5.39. The summed E-state index contributed by atoms with van der Waals surface area (Å²) in [5.74, 6) is 0.805. The highest BCUT2D eigenvalue weighted by Crippen LogP contribution is 2.34. The molecule has 1 heterocycles. The molecule has 0 spiro atoms. The molecule has 8 N–H and O–H groups in total. The molecule has 0 unspecified atom stereocenters. The summed E-state index contributed by atoms with van der Waals surface area (Å²) in [6.07, 6.45) is 2.46. The maximum atomic E-state index is 6.30. The van der Waals surface area contributed by atoms with Gasteiger partial charge in [0.2, 0.25) is 0 Å². The first-order valence-corrected chi connectivity index (χ1v) is 10.8. The van der Waals surface area contributed by atoms with Crippen molar-refractivity contribution in [2.45, 2.75) is 12.5 Å². The van der Waals surface area contributed by atoms with Gasteiger partial charge in [-0.25, -0.2) is 0 Å². The molecular formula is C27H28N5O+. The van der Waals surface area contributed by atoms with Crippen LogP contribution < -0.4 is 27.3 Å². The molecule has 0 aliphatic rings. The van der Waals surface area contributed by atoms with Crippen LogP contribution in [0.5, 0.6) is 5.75 Å². The van der Waals surface area contributed by atoms with Gasteiger partial charge in [0.1, 0.15) is 12.4 Å². The van der Waals surface area contributed by atoms with Crippen LogP contribution in [0.3, 0.4) is 0 Å². The predicted octanol–water partition coefficient (Wildman–Crippen LogP) is 2.41. The van der Waals surface area contributed by atoms with E-state index >= 15 is 0 Å². The fraction of sp³-hybridized carbons (Fsp3) is 0.111. The summed E-state index contributed by atoms with van der Waals surface area (Å²) < 4.78 is 6.03. The molecule has 0 radical (unpaired) electrons. The highest BCUT2D eigenvalue weighted by molar-refractivity contribution is 5.99. The highest BCUT2D eigenvalue weighted by Gasteiger charge is 2.15. The zero-order valence-electron chi connectivity index (χ0n) is 18.3. The number of nitrogens with zero attached hydrogens (tertiary/aromatic N) is 1. The van der Waals surface area contributed by atoms with E-state index in [0.29, 0.717) is 23.6 Å². The van der Waals surface area contributed by atoms with Crippen molar-refractivity contribution in [3.8, 4) is 28.1 Å². The van der Waals surface area contributed by atoms with Crippen LogP contribution >= 0.6 is 0 Å². The minimum absolute atomic E-state index is 0.139. The summed E-state index contributed by atoms with van der Waals surface area (Å²) in [6, 6.07) is 27.5. The molecule has 4 aromatic rings. The van der Waals surface area contributed by atoms with Crippen LogP contribution in [0.2, 0.25) is 0 Å². The van der Waals surface area contributed by atoms with Crippen molar-refractivity contribution in [2.75, 3.05) is 12.3 Å². The van der Waals surface area contributed by atoms with Crippen LogP contribution in [0.4, 0.5) is 5.69 Å². The number of anilines is 1. The minimum Gasteiger partial charge on any atom is -0.490 e. The average molecular weight is 439 g/mol. The summed E-state index contributed by atoms with van der Waals surface area (Å²) in [7, 11) is 0. The van der Waals surface area contributed by atoms with Crippen molar-refractivity contribution >= 4 is 11.5 Å². The van der Waals surface area contributed by atoms with Crippen LogP contribution in [0, 0.1) is 0 Å². The van der Waals surface area contributed by atoms with Gasteiger partial charge in [0.15, 0.2) is 0 Å². The summed E-state index contributed by atoms with van der Waals surface area (Å²) >= 11 is 0. The van der Waals surface area contributed by atoms with Crippen molar-refractivity contribution < 1.29 is 10.1 Å². The van der Waals surface area contributed by atoms with Crippen LogP contribution in [0.25, 0.3) is 22.4 Å². The predicted molar refractivity (Wildman–Crippen MR) is 133 cm³/mol. The van der Waals surface area contributed by atoms with Crippen molar-refractivity contribution in [1.29, 1.82) is 0 Å².